The van der Waals surface area contributed by atoms with Gasteiger partial charge in [-0.25, -0.2) is 8.42 Å². The molecule has 0 saturated carbocycles. The molecule has 1 N–H and O–H groups in total. The van der Waals surface area contributed by atoms with Gasteiger partial charge in [-0.1, -0.05) is 6.42 Å². The maximum atomic E-state index is 12.7. The van der Waals surface area contributed by atoms with Crippen LogP contribution < -0.4 is 10.2 Å². The number of carbonyl (C=O) groups is 3. The van der Waals surface area contributed by atoms with Crippen molar-refractivity contribution in [2.75, 3.05) is 23.3 Å². The fraction of sp³-hybridized carbons (Fsp3) is 0.318. The number of nitrogens with zero attached hydrogens (tertiary/aromatic N) is 2. The lowest BCUT2D eigenvalue weighted by molar-refractivity contribution is -0.121. The summed E-state index contributed by atoms with van der Waals surface area (Å²) in [5, 5.41) is 2.73. The summed E-state index contributed by atoms with van der Waals surface area (Å²) in [6.45, 7) is 1.07. The highest BCUT2D eigenvalue weighted by Crippen LogP contribution is 2.24. The highest BCUT2D eigenvalue weighted by Gasteiger charge is 2.30. The number of hydrogen-bond donors (Lipinski definition) is 1. The Bertz CT molecular complexity index is 1090. The van der Waals surface area contributed by atoms with Crippen LogP contribution in [0.2, 0.25) is 0 Å². The second-order valence-electron chi connectivity index (χ2n) is 7.61. The van der Waals surface area contributed by atoms with Crippen LogP contribution in [0.25, 0.3) is 0 Å². The summed E-state index contributed by atoms with van der Waals surface area (Å²) < 4.78 is 26.9. The summed E-state index contributed by atoms with van der Waals surface area (Å²) >= 11 is 0. The Morgan fingerprint density at radius 2 is 1.39 bits per heavy atom. The summed E-state index contributed by atoms with van der Waals surface area (Å²) in [6.07, 6.45) is 3.18. The van der Waals surface area contributed by atoms with E-state index in [9.17, 15) is 22.8 Å². The second-order valence-corrected chi connectivity index (χ2v) is 9.55. The van der Waals surface area contributed by atoms with Crippen LogP contribution in [0.5, 0.6) is 0 Å². The number of sulfonamides is 1. The fourth-order valence-corrected chi connectivity index (χ4v) is 5.31. The van der Waals surface area contributed by atoms with E-state index in [2.05, 4.69) is 5.32 Å². The first-order chi connectivity index (χ1) is 14.9. The minimum absolute atomic E-state index is 0.199. The molecule has 8 nitrogen and oxygen atoms in total. The van der Waals surface area contributed by atoms with Gasteiger partial charge in [0.2, 0.25) is 21.8 Å². The van der Waals surface area contributed by atoms with E-state index in [0.717, 1.165) is 24.2 Å². The monoisotopic (exact) mass is 441 g/mol. The van der Waals surface area contributed by atoms with Gasteiger partial charge in [-0.2, -0.15) is 4.31 Å². The Morgan fingerprint density at radius 3 is 1.97 bits per heavy atom. The van der Waals surface area contributed by atoms with Gasteiger partial charge >= 0.3 is 0 Å². The first-order valence-corrected chi connectivity index (χ1v) is 11.7. The Balaban J connectivity index is 1.43. The van der Waals surface area contributed by atoms with Gasteiger partial charge in [-0.05, 0) is 61.4 Å². The highest BCUT2D eigenvalue weighted by atomic mass is 32.2. The van der Waals surface area contributed by atoms with Crippen molar-refractivity contribution in [3.63, 3.8) is 0 Å². The third-order valence-corrected chi connectivity index (χ3v) is 7.42. The third-order valence-electron chi connectivity index (χ3n) is 5.50. The molecule has 2 fully saturated rings. The van der Waals surface area contributed by atoms with Crippen molar-refractivity contribution in [1.82, 2.24) is 4.31 Å². The Kier molecular flexibility index (Phi) is 5.88. The average Bonchev–Trinajstić information content (AvgIpc) is 3.13. The number of amides is 3. The second kappa shape index (κ2) is 8.60. The molecular formula is C22H23N3O5S. The fourth-order valence-electron chi connectivity index (χ4n) is 3.79. The summed E-state index contributed by atoms with van der Waals surface area (Å²) in [6, 6.07) is 12.3. The van der Waals surface area contributed by atoms with Crippen molar-refractivity contribution in [2.45, 2.75) is 37.0 Å². The molecule has 4 rings (SSSR count). The molecule has 2 aliphatic heterocycles. The number of benzene rings is 2. The summed E-state index contributed by atoms with van der Waals surface area (Å²) in [7, 11) is -3.52. The van der Waals surface area contributed by atoms with Gasteiger partial charge in [0.15, 0.2) is 0 Å². The minimum atomic E-state index is -3.52. The van der Waals surface area contributed by atoms with Gasteiger partial charge in [0.25, 0.3) is 5.91 Å². The van der Waals surface area contributed by atoms with Gasteiger partial charge in [0.1, 0.15) is 0 Å². The van der Waals surface area contributed by atoms with Crippen molar-refractivity contribution in [1.29, 1.82) is 0 Å². The lowest BCUT2D eigenvalue weighted by Gasteiger charge is -2.25. The summed E-state index contributed by atoms with van der Waals surface area (Å²) in [5.41, 5.74) is 1.26. The number of imide groups is 1. The quantitative estimate of drug-likeness (QED) is 0.719. The molecule has 2 aromatic carbocycles. The zero-order valence-electron chi connectivity index (χ0n) is 16.9. The van der Waals surface area contributed by atoms with E-state index >= 15 is 0 Å². The molecule has 0 aliphatic carbocycles. The molecule has 9 heteroatoms. The number of piperidine rings is 1. The van der Waals surface area contributed by atoms with Gasteiger partial charge in [-0.3, -0.25) is 19.3 Å². The molecule has 162 valence electrons. The van der Waals surface area contributed by atoms with Crippen molar-refractivity contribution < 1.29 is 22.8 Å². The van der Waals surface area contributed by atoms with Crippen molar-refractivity contribution in [3.05, 3.63) is 54.1 Å². The third kappa shape index (κ3) is 4.38. The Labute approximate surface area is 180 Å². The number of carbonyl (C=O) groups excluding carboxylic acids is 3. The van der Waals surface area contributed by atoms with Gasteiger partial charge in [-0.15, -0.1) is 0 Å². The van der Waals surface area contributed by atoms with E-state index in [4.69, 9.17) is 0 Å². The number of anilines is 2. The van der Waals surface area contributed by atoms with Crippen LogP contribution in [0.15, 0.2) is 53.4 Å². The maximum absolute atomic E-state index is 12.7. The largest absolute Gasteiger partial charge is 0.322 e. The topological polar surface area (TPSA) is 104 Å². The lowest BCUT2D eigenvalue weighted by atomic mass is 10.1. The molecule has 0 aromatic heterocycles. The molecule has 2 heterocycles. The van der Waals surface area contributed by atoms with E-state index < -0.39 is 10.0 Å². The highest BCUT2D eigenvalue weighted by molar-refractivity contribution is 7.89. The Morgan fingerprint density at radius 1 is 0.806 bits per heavy atom. The zero-order valence-corrected chi connectivity index (χ0v) is 17.7. The Hall–Kier alpha value is -3.04. The lowest BCUT2D eigenvalue weighted by Crippen LogP contribution is -2.35. The van der Waals surface area contributed by atoms with Gasteiger partial charge in [0, 0.05) is 37.2 Å². The first-order valence-electron chi connectivity index (χ1n) is 10.2. The summed E-state index contributed by atoms with van der Waals surface area (Å²) in [4.78, 5) is 37.5. The maximum Gasteiger partial charge on any atom is 0.255 e. The first kappa shape index (κ1) is 21.2. The number of rotatable bonds is 5. The molecule has 0 spiro atoms. The van der Waals surface area contributed by atoms with Gasteiger partial charge < -0.3 is 5.32 Å². The predicted molar refractivity (Wildman–Crippen MR) is 115 cm³/mol. The minimum Gasteiger partial charge on any atom is -0.322 e. The number of nitrogens with one attached hydrogen (secondary N) is 1. The molecule has 0 unspecified atom stereocenters. The van der Waals surface area contributed by atoms with Crippen molar-refractivity contribution >= 4 is 39.1 Å². The molecular weight excluding hydrogens is 418 g/mol. The molecule has 2 aromatic rings. The van der Waals surface area contributed by atoms with Crippen LogP contribution in [0.3, 0.4) is 0 Å². The van der Waals surface area contributed by atoms with E-state index in [0.29, 0.717) is 30.0 Å². The van der Waals surface area contributed by atoms with Crippen LogP contribution in [-0.4, -0.2) is 43.5 Å². The van der Waals surface area contributed by atoms with Crippen molar-refractivity contribution in [3.8, 4) is 0 Å². The van der Waals surface area contributed by atoms with Crippen molar-refractivity contribution in [2.24, 2.45) is 0 Å². The normalized spacial score (nSPS) is 17.7. The molecule has 2 saturated heterocycles. The van der Waals surface area contributed by atoms with Crippen LogP contribution in [-0.2, 0) is 19.6 Å². The standard InChI is InChI=1S/C22H23N3O5S/c26-20-12-13-21(27)25(20)18-8-4-16(5-9-18)22(28)23-17-6-10-19(11-7-17)31(29,30)24-14-2-1-3-15-24/h4-11H,1-3,12-15H2,(H,23,28). The molecule has 0 radical (unpaired) electrons. The smallest absolute Gasteiger partial charge is 0.255 e. The molecule has 31 heavy (non-hydrogen) atoms. The van der Waals surface area contributed by atoms with E-state index in [1.807, 2.05) is 0 Å². The van der Waals surface area contributed by atoms with E-state index in [1.165, 1.54) is 16.4 Å². The van der Waals surface area contributed by atoms with E-state index in [-0.39, 0.29) is 35.5 Å². The van der Waals surface area contributed by atoms with Crippen LogP contribution >= 0.6 is 0 Å². The predicted octanol–water partition coefficient (Wildman–Crippen LogP) is 2.77. The van der Waals surface area contributed by atoms with Crippen LogP contribution in [0.1, 0.15) is 42.5 Å². The van der Waals surface area contributed by atoms with Crippen LogP contribution in [0, 0.1) is 0 Å². The molecule has 2 aliphatic rings. The molecule has 0 atom stereocenters. The molecule has 3 amide bonds. The summed E-state index contributed by atoms with van der Waals surface area (Å²) in [5.74, 6) is -0.874. The SMILES string of the molecule is O=C(Nc1ccc(S(=O)(=O)N2CCCCC2)cc1)c1ccc(N2C(=O)CCC2=O)cc1. The average molecular weight is 442 g/mol. The van der Waals surface area contributed by atoms with Gasteiger partial charge in [0.05, 0.1) is 10.6 Å². The van der Waals surface area contributed by atoms with Crippen LogP contribution in [0.4, 0.5) is 11.4 Å². The molecule has 0 bridgehead atoms. The number of hydrogen-bond acceptors (Lipinski definition) is 5. The van der Waals surface area contributed by atoms with E-state index in [1.54, 1.807) is 36.4 Å². The zero-order chi connectivity index (χ0) is 22.0.